The second kappa shape index (κ2) is 7.38. The lowest BCUT2D eigenvalue weighted by atomic mass is 10.1. The molecule has 5 nitrogen and oxygen atoms in total. The second-order valence-corrected chi connectivity index (χ2v) is 6.00. The Morgan fingerprint density at radius 2 is 1.92 bits per heavy atom. The molecule has 0 spiro atoms. The highest BCUT2D eigenvalue weighted by Crippen LogP contribution is 2.31. The third-order valence-corrected chi connectivity index (χ3v) is 4.20. The number of benzene rings is 2. The van der Waals surface area contributed by atoms with Gasteiger partial charge in [-0.15, -0.1) is 0 Å². The van der Waals surface area contributed by atoms with Crippen LogP contribution in [0.2, 0.25) is 0 Å². The molecular formula is C20H21NO4. The predicted octanol–water partition coefficient (Wildman–Crippen LogP) is 3.97. The van der Waals surface area contributed by atoms with E-state index in [0.717, 1.165) is 34.6 Å². The molecule has 130 valence electrons. The van der Waals surface area contributed by atoms with E-state index in [9.17, 15) is 9.59 Å². The van der Waals surface area contributed by atoms with Crippen LogP contribution in [0.3, 0.4) is 0 Å². The molecule has 0 aliphatic carbocycles. The van der Waals surface area contributed by atoms with Crippen molar-refractivity contribution in [3.63, 3.8) is 0 Å². The van der Waals surface area contributed by atoms with Crippen molar-refractivity contribution in [2.24, 2.45) is 0 Å². The molecule has 1 N–H and O–H groups in total. The molecule has 5 heteroatoms. The summed E-state index contributed by atoms with van der Waals surface area (Å²) in [6.07, 6.45) is 1.89. The summed E-state index contributed by atoms with van der Waals surface area (Å²) >= 11 is 0. The third kappa shape index (κ3) is 3.50. The van der Waals surface area contributed by atoms with E-state index < -0.39 is 5.97 Å². The Hall–Kier alpha value is -2.82. The zero-order valence-electron chi connectivity index (χ0n) is 14.4. The number of ether oxygens (including phenoxy) is 1. The van der Waals surface area contributed by atoms with Crippen LogP contribution < -0.4 is 5.32 Å². The SMILES string of the molecule is CCCCNC(=O)COC(=O)c1oc2c(ccc3ccccc32)c1C. The van der Waals surface area contributed by atoms with Crippen molar-refractivity contribution >= 4 is 33.6 Å². The summed E-state index contributed by atoms with van der Waals surface area (Å²) in [5.74, 6) is -0.780. The molecule has 0 bridgehead atoms. The van der Waals surface area contributed by atoms with Gasteiger partial charge in [0.2, 0.25) is 5.76 Å². The van der Waals surface area contributed by atoms with Crippen LogP contribution in [0.1, 0.15) is 35.9 Å². The molecule has 0 aliphatic heterocycles. The van der Waals surface area contributed by atoms with Crippen molar-refractivity contribution in [1.29, 1.82) is 0 Å². The molecule has 0 saturated carbocycles. The summed E-state index contributed by atoms with van der Waals surface area (Å²) in [6.45, 7) is 4.14. The molecule has 0 atom stereocenters. The maximum Gasteiger partial charge on any atom is 0.375 e. The molecule has 0 radical (unpaired) electrons. The predicted molar refractivity (Wildman–Crippen MR) is 96.7 cm³/mol. The smallest absolute Gasteiger partial charge is 0.375 e. The van der Waals surface area contributed by atoms with Crippen LogP contribution in [0.25, 0.3) is 21.7 Å². The van der Waals surface area contributed by atoms with Crippen LogP contribution in [0.4, 0.5) is 0 Å². The quantitative estimate of drug-likeness (QED) is 0.545. The summed E-state index contributed by atoms with van der Waals surface area (Å²) in [6, 6.07) is 11.8. The summed E-state index contributed by atoms with van der Waals surface area (Å²) in [5, 5.41) is 5.57. The Morgan fingerprint density at radius 1 is 1.12 bits per heavy atom. The molecule has 1 amide bonds. The van der Waals surface area contributed by atoms with Crippen molar-refractivity contribution in [2.45, 2.75) is 26.7 Å². The molecule has 1 heterocycles. The first-order chi connectivity index (χ1) is 12.1. The minimum atomic E-state index is -0.622. The number of carbonyl (C=O) groups is 2. The molecule has 3 rings (SSSR count). The van der Waals surface area contributed by atoms with Gasteiger partial charge in [0.25, 0.3) is 5.91 Å². The maximum absolute atomic E-state index is 12.3. The molecule has 0 unspecified atom stereocenters. The van der Waals surface area contributed by atoms with Gasteiger partial charge in [-0.2, -0.15) is 0 Å². The Morgan fingerprint density at radius 3 is 2.72 bits per heavy atom. The molecule has 25 heavy (non-hydrogen) atoms. The summed E-state index contributed by atoms with van der Waals surface area (Å²) < 4.78 is 10.9. The summed E-state index contributed by atoms with van der Waals surface area (Å²) in [7, 11) is 0. The van der Waals surface area contributed by atoms with E-state index in [4.69, 9.17) is 9.15 Å². The average Bonchev–Trinajstić information content (AvgIpc) is 2.97. The van der Waals surface area contributed by atoms with Crippen LogP contribution in [0.5, 0.6) is 0 Å². The van der Waals surface area contributed by atoms with E-state index in [-0.39, 0.29) is 18.3 Å². The van der Waals surface area contributed by atoms with Crippen LogP contribution in [-0.4, -0.2) is 25.0 Å². The van der Waals surface area contributed by atoms with Gasteiger partial charge in [-0.05, 0) is 18.7 Å². The Balaban J connectivity index is 1.79. The number of hydrogen-bond acceptors (Lipinski definition) is 4. The van der Waals surface area contributed by atoms with Crippen molar-refractivity contribution in [2.75, 3.05) is 13.2 Å². The van der Waals surface area contributed by atoms with Gasteiger partial charge in [-0.3, -0.25) is 4.79 Å². The number of aryl methyl sites for hydroxylation is 1. The highest BCUT2D eigenvalue weighted by molar-refractivity contribution is 6.08. The lowest BCUT2D eigenvalue weighted by Gasteiger charge is -2.05. The third-order valence-electron chi connectivity index (χ3n) is 4.20. The number of furan rings is 1. The molecule has 1 aromatic heterocycles. The standard InChI is InChI=1S/C20H21NO4/c1-3-4-11-21-17(22)12-24-20(23)18-13(2)15-10-9-14-7-5-6-8-16(14)19(15)25-18/h5-10H,3-4,11-12H2,1-2H3,(H,21,22). The first kappa shape index (κ1) is 17.0. The maximum atomic E-state index is 12.3. The Kier molecular flexibility index (Phi) is 5.03. The van der Waals surface area contributed by atoms with Crippen molar-refractivity contribution in [1.82, 2.24) is 5.32 Å². The number of carbonyl (C=O) groups excluding carboxylic acids is 2. The number of amides is 1. The van der Waals surface area contributed by atoms with E-state index in [1.807, 2.05) is 50.2 Å². The number of unbranched alkanes of at least 4 members (excludes halogenated alkanes) is 1. The number of fused-ring (bicyclic) bond motifs is 3. The van der Waals surface area contributed by atoms with Crippen LogP contribution in [-0.2, 0) is 9.53 Å². The minimum absolute atomic E-state index is 0.146. The molecule has 0 fully saturated rings. The van der Waals surface area contributed by atoms with Gasteiger partial charge >= 0.3 is 5.97 Å². The Bertz CT molecular complexity index is 926. The summed E-state index contributed by atoms with van der Waals surface area (Å²) in [4.78, 5) is 24.0. The second-order valence-electron chi connectivity index (χ2n) is 6.00. The van der Waals surface area contributed by atoms with Crippen molar-refractivity contribution in [3.05, 3.63) is 47.7 Å². The topological polar surface area (TPSA) is 68.5 Å². The van der Waals surface area contributed by atoms with Crippen molar-refractivity contribution in [3.8, 4) is 0 Å². The highest BCUT2D eigenvalue weighted by Gasteiger charge is 2.21. The van der Waals surface area contributed by atoms with Gasteiger partial charge < -0.3 is 14.5 Å². The average molecular weight is 339 g/mol. The first-order valence-electron chi connectivity index (χ1n) is 8.46. The lowest BCUT2D eigenvalue weighted by Crippen LogP contribution is -2.29. The monoisotopic (exact) mass is 339 g/mol. The van der Waals surface area contributed by atoms with Crippen LogP contribution >= 0.6 is 0 Å². The number of nitrogens with one attached hydrogen (secondary N) is 1. The zero-order chi connectivity index (χ0) is 17.8. The van der Waals surface area contributed by atoms with E-state index in [2.05, 4.69) is 5.32 Å². The summed E-state index contributed by atoms with van der Waals surface area (Å²) in [5.41, 5.74) is 1.38. The number of esters is 1. The largest absolute Gasteiger partial charge is 0.450 e. The van der Waals surface area contributed by atoms with Gasteiger partial charge in [0.05, 0.1) is 0 Å². The van der Waals surface area contributed by atoms with Gasteiger partial charge in [-0.1, -0.05) is 49.7 Å². The molecule has 3 aromatic rings. The molecular weight excluding hydrogens is 318 g/mol. The first-order valence-corrected chi connectivity index (χ1v) is 8.46. The fourth-order valence-electron chi connectivity index (χ4n) is 2.80. The number of hydrogen-bond donors (Lipinski definition) is 1. The van der Waals surface area contributed by atoms with E-state index in [0.29, 0.717) is 12.1 Å². The van der Waals surface area contributed by atoms with E-state index in [1.165, 1.54) is 0 Å². The number of rotatable bonds is 6. The van der Waals surface area contributed by atoms with Gasteiger partial charge in [0, 0.05) is 22.9 Å². The fourth-order valence-corrected chi connectivity index (χ4v) is 2.80. The molecule has 0 aliphatic rings. The van der Waals surface area contributed by atoms with E-state index in [1.54, 1.807) is 0 Å². The van der Waals surface area contributed by atoms with Gasteiger partial charge in [-0.25, -0.2) is 4.79 Å². The van der Waals surface area contributed by atoms with Crippen LogP contribution in [0, 0.1) is 6.92 Å². The normalized spacial score (nSPS) is 11.0. The van der Waals surface area contributed by atoms with Gasteiger partial charge in [0.15, 0.2) is 6.61 Å². The Labute approximate surface area is 145 Å². The van der Waals surface area contributed by atoms with E-state index >= 15 is 0 Å². The minimum Gasteiger partial charge on any atom is -0.450 e. The lowest BCUT2D eigenvalue weighted by molar-refractivity contribution is -0.124. The van der Waals surface area contributed by atoms with Crippen LogP contribution in [0.15, 0.2) is 40.8 Å². The molecule has 2 aromatic carbocycles. The molecule has 0 saturated heterocycles. The zero-order valence-corrected chi connectivity index (χ0v) is 14.4. The fraction of sp³-hybridized carbons (Fsp3) is 0.300. The van der Waals surface area contributed by atoms with Crippen molar-refractivity contribution < 1.29 is 18.7 Å². The van der Waals surface area contributed by atoms with Gasteiger partial charge in [0.1, 0.15) is 5.58 Å². The highest BCUT2D eigenvalue weighted by atomic mass is 16.5.